The van der Waals surface area contributed by atoms with Crippen LogP contribution >= 0.6 is 0 Å². The molecule has 0 amide bonds. The third-order valence-corrected chi connectivity index (χ3v) is 12.9. The van der Waals surface area contributed by atoms with E-state index in [4.69, 9.17) is 4.74 Å². The molecular formula is C62H44N2O. The molecule has 0 saturated carbocycles. The van der Waals surface area contributed by atoms with Crippen molar-refractivity contribution in [3.8, 4) is 44.9 Å². The summed E-state index contributed by atoms with van der Waals surface area (Å²) in [6.45, 7) is 4.37. The summed E-state index contributed by atoms with van der Waals surface area (Å²) in [5.74, 6) is 1.76. The highest BCUT2D eigenvalue weighted by Crippen LogP contribution is 2.53. The van der Waals surface area contributed by atoms with Gasteiger partial charge in [0.1, 0.15) is 11.5 Å². The number of benzene rings is 11. The number of para-hydroxylation sites is 4. The lowest BCUT2D eigenvalue weighted by Gasteiger charge is -2.29. The van der Waals surface area contributed by atoms with Gasteiger partial charge in [-0.05, 0) is 148 Å². The first kappa shape index (κ1) is 38.3. The van der Waals surface area contributed by atoms with Crippen LogP contribution in [0.3, 0.4) is 0 Å². The first-order chi connectivity index (χ1) is 32.1. The lowest BCUT2D eigenvalue weighted by molar-refractivity contribution is 0.487. The highest BCUT2D eigenvalue weighted by molar-refractivity contribution is 6.26. The Kier molecular flexibility index (Phi) is 9.28. The van der Waals surface area contributed by atoms with E-state index in [9.17, 15) is 0 Å². The van der Waals surface area contributed by atoms with Crippen LogP contribution in [0.25, 0.3) is 65.7 Å². The molecule has 1 aliphatic heterocycles. The van der Waals surface area contributed by atoms with Crippen LogP contribution in [0.1, 0.15) is 11.1 Å². The van der Waals surface area contributed by atoms with Crippen LogP contribution < -0.4 is 14.5 Å². The van der Waals surface area contributed by atoms with E-state index < -0.39 is 0 Å². The van der Waals surface area contributed by atoms with Crippen LogP contribution in [0, 0.1) is 13.8 Å². The minimum atomic E-state index is 0.865. The maximum Gasteiger partial charge on any atom is 0.136 e. The Morgan fingerprint density at radius 2 is 0.831 bits per heavy atom. The number of hydrogen-bond donors (Lipinski definition) is 0. The van der Waals surface area contributed by atoms with Crippen LogP contribution in [-0.4, -0.2) is 0 Å². The lowest BCUT2D eigenvalue weighted by Crippen LogP contribution is -2.11. The third-order valence-electron chi connectivity index (χ3n) is 12.9. The van der Waals surface area contributed by atoms with Crippen LogP contribution in [0.5, 0.6) is 11.5 Å². The number of rotatable bonds is 8. The Morgan fingerprint density at radius 1 is 0.292 bits per heavy atom. The van der Waals surface area contributed by atoms with Gasteiger partial charge in [-0.3, -0.25) is 0 Å². The van der Waals surface area contributed by atoms with Crippen LogP contribution in [-0.2, 0) is 0 Å². The van der Waals surface area contributed by atoms with Crippen molar-refractivity contribution < 1.29 is 4.74 Å². The summed E-state index contributed by atoms with van der Waals surface area (Å²) in [7, 11) is 0. The summed E-state index contributed by atoms with van der Waals surface area (Å²) < 4.78 is 6.98. The van der Waals surface area contributed by atoms with Crippen molar-refractivity contribution in [2.75, 3.05) is 9.80 Å². The highest BCUT2D eigenvalue weighted by Gasteiger charge is 2.26. The molecule has 0 bridgehead atoms. The second-order valence-electron chi connectivity index (χ2n) is 17.1. The van der Waals surface area contributed by atoms with Gasteiger partial charge in [0, 0.05) is 44.6 Å². The highest BCUT2D eigenvalue weighted by atomic mass is 16.5. The molecule has 0 aliphatic carbocycles. The molecule has 0 spiro atoms. The maximum absolute atomic E-state index is 6.98. The molecule has 11 aromatic carbocycles. The van der Waals surface area contributed by atoms with Gasteiger partial charge in [-0.1, -0.05) is 151 Å². The van der Waals surface area contributed by atoms with E-state index in [1.165, 1.54) is 49.2 Å². The van der Waals surface area contributed by atoms with Crippen molar-refractivity contribution in [2.24, 2.45) is 0 Å². The predicted octanol–water partition coefficient (Wildman–Crippen LogP) is 17.8. The molecule has 11 aromatic rings. The molecule has 12 rings (SSSR count). The Balaban J connectivity index is 0.984. The second-order valence-corrected chi connectivity index (χ2v) is 17.1. The predicted molar refractivity (Wildman–Crippen MR) is 274 cm³/mol. The molecule has 0 atom stereocenters. The van der Waals surface area contributed by atoms with Crippen molar-refractivity contribution in [3.05, 3.63) is 242 Å². The van der Waals surface area contributed by atoms with Gasteiger partial charge >= 0.3 is 0 Å². The molecule has 1 heterocycles. The molecule has 65 heavy (non-hydrogen) atoms. The maximum atomic E-state index is 6.98. The smallest absolute Gasteiger partial charge is 0.136 e. The van der Waals surface area contributed by atoms with Crippen molar-refractivity contribution in [1.29, 1.82) is 0 Å². The fraction of sp³-hybridized carbons (Fsp3) is 0.0323. The number of nitrogens with zero attached hydrogens (tertiary/aromatic N) is 2. The molecule has 0 unspecified atom stereocenters. The largest absolute Gasteiger partial charge is 0.456 e. The van der Waals surface area contributed by atoms with Gasteiger partial charge < -0.3 is 14.5 Å². The minimum Gasteiger partial charge on any atom is -0.456 e. The normalized spacial score (nSPS) is 11.7. The van der Waals surface area contributed by atoms with Gasteiger partial charge in [0.2, 0.25) is 0 Å². The Labute approximate surface area is 379 Å². The van der Waals surface area contributed by atoms with Gasteiger partial charge in [0.15, 0.2) is 0 Å². The molecule has 0 saturated heterocycles. The Bertz CT molecular complexity index is 3530. The Hall–Kier alpha value is -8.40. The zero-order valence-corrected chi connectivity index (χ0v) is 36.2. The molecule has 3 nitrogen and oxygen atoms in total. The summed E-state index contributed by atoms with van der Waals surface area (Å²) in [6, 6.07) is 83.2. The van der Waals surface area contributed by atoms with Crippen molar-refractivity contribution in [1.82, 2.24) is 0 Å². The lowest BCUT2D eigenvalue weighted by atomic mass is 9.86. The topological polar surface area (TPSA) is 15.7 Å². The number of ether oxygens (including phenoxy) is 1. The summed E-state index contributed by atoms with van der Waals surface area (Å²) in [5.41, 5.74) is 15.9. The summed E-state index contributed by atoms with van der Waals surface area (Å²) >= 11 is 0. The Morgan fingerprint density at radius 3 is 1.51 bits per heavy atom. The van der Waals surface area contributed by atoms with Crippen LogP contribution in [0.15, 0.2) is 231 Å². The fourth-order valence-corrected chi connectivity index (χ4v) is 9.90. The van der Waals surface area contributed by atoms with E-state index in [0.29, 0.717) is 0 Å². The molecule has 0 N–H and O–H groups in total. The van der Waals surface area contributed by atoms with E-state index in [1.54, 1.807) is 0 Å². The van der Waals surface area contributed by atoms with E-state index in [0.717, 1.165) is 73.3 Å². The van der Waals surface area contributed by atoms with Gasteiger partial charge in [0.05, 0.1) is 11.4 Å². The third kappa shape index (κ3) is 6.68. The van der Waals surface area contributed by atoms with Crippen LogP contribution in [0.2, 0.25) is 0 Å². The number of aryl methyl sites for hydroxylation is 2. The molecule has 3 heteroatoms. The second kappa shape index (κ2) is 15.7. The zero-order valence-electron chi connectivity index (χ0n) is 36.2. The first-order valence-electron chi connectivity index (χ1n) is 22.3. The van der Waals surface area contributed by atoms with Gasteiger partial charge in [-0.15, -0.1) is 0 Å². The molecule has 0 aromatic heterocycles. The molecule has 0 radical (unpaired) electrons. The number of fused-ring (bicyclic) bond motifs is 6. The van der Waals surface area contributed by atoms with Crippen molar-refractivity contribution >= 4 is 66.4 Å². The van der Waals surface area contributed by atoms with Gasteiger partial charge in [-0.25, -0.2) is 0 Å². The van der Waals surface area contributed by atoms with Crippen LogP contribution in [0.4, 0.5) is 34.1 Å². The van der Waals surface area contributed by atoms with Crippen molar-refractivity contribution in [3.63, 3.8) is 0 Å². The van der Waals surface area contributed by atoms with E-state index in [1.807, 2.05) is 0 Å². The average Bonchev–Trinajstić information content (AvgIpc) is 3.35. The number of anilines is 6. The molecular weight excluding hydrogens is 789 g/mol. The first-order valence-corrected chi connectivity index (χ1v) is 22.3. The SMILES string of the molecule is Cc1ccc2c(N(c3ccccc3)c3ccccc3)cc3c4cc(C)cc5c4c(cc3c2c1)-c1ccc(-c2ccc(N(c3ccccc3)c3ccccc3-c3ccccc3)cc2)cc1O5. The van der Waals surface area contributed by atoms with Gasteiger partial charge in [-0.2, -0.15) is 0 Å². The number of hydrogen-bond acceptors (Lipinski definition) is 3. The van der Waals surface area contributed by atoms with Crippen molar-refractivity contribution in [2.45, 2.75) is 13.8 Å². The monoisotopic (exact) mass is 832 g/mol. The summed E-state index contributed by atoms with van der Waals surface area (Å²) in [4.78, 5) is 4.74. The molecule has 308 valence electrons. The quantitative estimate of drug-likeness (QED) is 0.142. The van der Waals surface area contributed by atoms with E-state index >= 15 is 0 Å². The summed E-state index contributed by atoms with van der Waals surface area (Å²) in [5, 5.41) is 7.22. The average molecular weight is 833 g/mol. The molecule has 1 aliphatic rings. The van der Waals surface area contributed by atoms with Gasteiger partial charge in [0.25, 0.3) is 0 Å². The fourth-order valence-electron chi connectivity index (χ4n) is 9.90. The minimum absolute atomic E-state index is 0.865. The molecule has 0 fully saturated rings. The van der Waals surface area contributed by atoms with E-state index in [2.05, 4.69) is 254 Å². The van der Waals surface area contributed by atoms with E-state index in [-0.39, 0.29) is 0 Å². The zero-order chi connectivity index (χ0) is 43.4. The summed E-state index contributed by atoms with van der Waals surface area (Å²) in [6.07, 6.45) is 0. The standard InChI is InChI=1S/C62H44N2O/c1-41-27-33-51-53(35-41)54-39-57-52-34-30-45(43-28-31-49(32-29-43)63(46-19-9-4-10-20-46)58-26-16-15-25-50(58)44-17-7-3-8-18-44)38-60(52)65-61-37-42(2)36-56(62(57)61)55(54)40-59(51)64(47-21-11-5-12-22-47)48-23-13-6-14-24-48/h3-40H,1-2H3.